The van der Waals surface area contributed by atoms with Crippen molar-refractivity contribution in [3.05, 3.63) is 47.5 Å². The van der Waals surface area contributed by atoms with Crippen LogP contribution in [0.5, 0.6) is 0 Å². The van der Waals surface area contributed by atoms with Gasteiger partial charge in [0.25, 0.3) is 0 Å². The lowest BCUT2D eigenvalue weighted by Gasteiger charge is -2.20. The van der Waals surface area contributed by atoms with Crippen LogP contribution in [0.25, 0.3) is 10.8 Å². The molecule has 0 amide bonds. The van der Waals surface area contributed by atoms with Gasteiger partial charge in [-0.2, -0.15) is 0 Å². The van der Waals surface area contributed by atoms with E-state index in [0.29, 0.717) is 5.56 Å². The Labute approximate surface area is 117 Å². The molecule has 106 valence electrons. The molecule has 0 aliphatic rings. The molecule has 0 heterocycles. The second-order valence-corrected chi connectivity index (χ2v) is 5.71. The van der Waals surface area contributed by atoms with Gasteiger partial charge in [-0.3, -0.25) is 0 Å². The first-order chi connectivity index (χ1) is 9.12. The number of carbonyl (C=O) groups is 1. The molecule has 0 aliphatic heterocycles. The maximum Gasteiger partial charge on any atom is 0.340 e. The molecular formula is C16H18O4. The standard InChI is InChI=1S/C16H18O4/c1-15(2,19)12-6-4-11-9-13(7-5-10(11)8-12)16(3,20)14(17)18/h4-9,19-20H,1-3H3,(H,17,18). The quantitative estimate of drug-likeness (QED) is 0.803. The van der Waals surface area contributed by atoms with Gasteiger partial charge in [0.1, 0.15) is 0 Å². The fourth-order valence-corrected chi connectivity index (χ4v) is 2.05. The molecular weight excluding hydrogens is 256 g/mol. The Morgan fingerprint density at radius 3 is 1.80 bits per heavy atom. The van der Waals surface area contributed by atoms with E-state index in [9.17, 15) is 15.0 Å². The van der Waals surface area contributed by atoms with Crippen molar-refractivity contribution in [2.45, 2.75) is 32.0 Å². The fourth-order valence-electron chi connectivity index (χ4n) is 2.05. The molecule has 4 nitrogen and oxygen atoms in total. The molecule has 1 unspecified atom stereocenters. The van der Waals surface area contributed by atoms with Gasteiger partial charge >= 0.3 is 5.97 Å². The summed E-state index contributed by atoms with van der Waals surface area (Å²) in [5.41, 5.74) is -1.74. The van der Waals surface area contributed by atoms with E-state index in [-0.39, 0.29) is 0 Å². The van der Waals surface area contributed by atoms with Crippen molar-refractivity contribution in [1.29, 1.82) is 0 Å². The van der Waals surface area contributed by atoms with Crippen molar-refractivity contribution < 1.29 is 20.1 Å². The molecule has 0 aliphatic carbocycles. The molecule has 0 aromatic heterocycles. The van der Waals surface area contributed by atoms with Gasteiger partial charge < -0.3 is 15.3 Å². The minimum absolute atomic E-state index is 0.327. The highest BCUT2D eigenvalue weighted by Gasteiger charge is 2.32. The second-order valence-electron chi connectivity index (χ2n) is 5.71. The summed E-state index contributed by atoms with van der Waals surface area (Å²) in [6, 6.07) is 10.4. The van der Waals surface area contributed by atoms with Gasteiger partial charge in [0.2, 0.25) is 0 Å². The average Bonchev–Trinajstić information content (AvgIpc) is 2.36. The lowest BCUT2D eigenvalue weighted by Crippen LogP contribution is -2.31. The van der Waals surface area contributed by atoms with Gasteiger partial charge in [-0.15, -0.1) is 0 Å². The maximum absolute atomic E-state index is 11.1. The Bertz CT molecular complexity index is 666. The highest BCUT2D eigenvalue weighted by molar-refractivity contribution is 5.86. The molecule has 2 aromatic rings. The third kappa shape index (κ3) is 2.53. The fraction of sp³-hybridized carbons (Fsp3) is 0.312. The summed E-state index contributed by atoms with van der Waals surface area (Å²) >= 11 is 0. The minimum atomic E-state index is -1.91. The highest BCUT2D eigenvalue weighted by Crippen LogP contribution is 2.28. The van der Waals surface area contributed by atoms with Gasteiger partial charge in [0.05, 0.1) is 5.60 Å². The van der Waals surface area contributed by atoms with Crippen LogP contribution >= 0.6 is 0 Å². The van der Waals surface area contributed by atoms with Crippen LogP contribution in [0.2, 0.25) is 0 Å². The van der Waals surface area contributed by atoms with Crippen LogP contribution in [0.4, 0.5) is 0 Å². The topological polar surface area (TPSA) is 77.8 Å². The van der Waals surface area contributed by atoms with E-state index >= 15 is 0 Å². The van der Waals surface area contributed by atoms with E-state index in [1.165, 1.54) is 6.92 Å². The lowest BCUT2D eigenvalue weighted by atomic mass is 9.91. The number of rotatable bonds is 3. The van der Waals surface area contributed by atoms with Crippen LogP contribution in [0.15, 0.2) is 36.4 Å². The number of carboxylic acid groups (broad SMARTS) is 1. The van der Waals surface area contributed by atoms with Gasteiger partial charge in [-0.25, -0.2) is 4.79 Å². The monoisotopic (exact) mass is 274 g/mol. The molecule has 0 saturated heterocycles. The van der Waals surface area contributed by atoms with Crippen molar-refractivity contribution in [2.75, 3.05) is 0 Å². The number of aliphatic carboxylic acids is 1. The van der Waals surface area contributed by atoms with E-state index in [0.717, 1.165) is 16.3 Å². The van der Waals surface area contributed by atoms with Crippen LogP contribution in [-0.4, -0.2) is 21.3 Å². The zero-order valence-corrected chi connectivity index (χ0v) is 11.7. The van der Waals surface area contributed by atoms with Crippen LogP contribution in [0.3, 0.4) is 0 Å². The van der Waals surface area contributed by atoms with Gasteiger partial charge in [0.15, 0.2) is 5.60 Å². The molecule has 0 saturated carbocycles. The smallest absolute Gasteiger partial charge is 0.340 e. The molecule has 0 spiro atoms. The predicted molar refractivity (Wildman–Crippen MR) is 76.4 cm³/mol. The second kappa shape index (κ2) is 4.58. The number of hydrogen-bond donors (Lipinski definition) is 3. The molecule has 0 bridgehead atoms. The van der Waals surface area contributed by atoms with E-state index in [1.54, 1.807) is 38.1 Å². The Balaban J connectivity index is 2.55. The Hall–Kier alpha value is -1.91. The van der Waals surface area contributed by atoms with E-state index < -0.39 is 17.2 Å². The SMILES string of the molecule is CC(C)(O)c1ccc2cc(C(C)(O)C(=O)O)ccc2c1. The summed E-state index contributed by atoms with van der Waals surface area (Å²) < 4.78 is 0. The number of benzene rings is 2. The van der Waals surface area contributed by atoms with E-state index in [1.807, 2.05) is 12.1 Å². The van der Waals surface area contributed by atoms with Crippen molar-refractivity contribution in [1.82, 2.24) is 0 Å². The van der Waals surface area contributed by atoms with Crippen molar-refractivity contribution in [3.63, 3.8) is 0 Å². The summed E-state index contributed by atoms with van der Waals surface area (Å²) in [4.78, 5) is 11.1. The molecule has 20 heavy (non-hydrogen) atoms. The third-order valence-electron chi connectivity index (χ3n) is 3.53. The van der Waals surface area contributed by atoms with E-state index in [2.05, 4.69) is 0 Å². The van der Waals surface area contributed by atoms with Gasteiger partial charge in [-0.1, -0.05) is 24.3 Å². The maximum atomic E-state index is 11.1. The number of carboxylic acids is 1. The lowest BCUT2D eigenvalue weighted by molar-refractivity contribution is -0.157. The van der Waals surface area contributed by atoms with Crippen molar-refractivity contribution in [3.8, 4) is 0 Å². The van der Waals surface area contributed by atoms with Crippen LogP contribution in [0.1, 0.15) is 31.9 Å². The molecule has 3 N–H and O–H groups in total. The van der Waals surface area contributed by atoms with Crippen molar-refractivity contribution >= 4 is 16.7 Å². The Morgan fingerprint density at radius 1 is 0.900 bits per heavy atom. The molecule has 4 heteroatoms. The minimum Gasteiger partial charge on any atom is -0.479 e. The predicted octanol–water partition coefficient (Wildman–Crippen LogP) is 2.36. The first-order valence-corrected chi connectivity index (χ1v) is 6.35. The summed E-state index contributed by atoms with van der Waals surface area (Å²) in [7, 11) is 0. The number of fused-ring (bicyclic) bond motifs is 1. The Kier molecular flexibility index (Phi) is 3.32. The summed E-state index contributed by atoms with van der Waals surface area (Å²) in [6.45, 7) is 4.66. The first-order valence-electron chi connectivity index (χ1n) is 6.35. The molecule has 2 rings (SSSR count). The molecule has 2 aromatic carbocycles. The van der Waals surface area contributed by atoms with Crippen LogP contribution < -0.4 is 0 Å². The zero-order chi connectivity index (χ0) is 15.1. The zero-order valence-electron chi connectivity index (χ0n) is 11.7. The normalized spacial score (nSPS) is 15.1. The summed E-state index contributed by atoms with van der Waals surface area (Å²) in [5.74, 6) is -1.29. The van der Waals surface area contributed by atoms with Gasteiger partial charge in [0, 0.05) is 0 Å². The third-order valence-corrected chi connectivity index (χ3v) is 3.53. The highest BCUT2D eigenvalue weighted by atomic mass is 16.4. The van der Waals surface area contributed by atoms with Gasteiger partial charge in [-0.05, 0) is 54.8 Å². The Morgan fingerprint density at radius 2 is 1.35 bits per heavy atom. The number of aliphatic hydroxyl groups is 2. The summed E-state index contributed by atoms with van der Waals surface area (Å²) in [6.07, 6.45) is 0. The molecule has 0 radical (unpaired) electrons. The summed E-state index contributed by atoms with van der Waals surface area (Å²) in [5, 5.41) is 30.7. The first kappa shape index (κ1) is 14.5. The molecule has 0 fully saturated rings. The number of hydrogen-bond acceptors (Lipinski definition) is 3. The largest absolute Gasteiger partial charge is 0.479 e. The van der Waals surface area contributed by atoms with Crippen LogP contribution in [0, 0.1) is 0 Å². The van der Waals surface area contributed by atoms with Crippen LogP contribution in [-0.2, 0) is 16.0 Å². The van der Waals surface area contributed by atoms with Crippen molar-refractivity contribution in [2.24, 2.45) is 0 Å². The van der Waals surface area contributed by atoms with E-state index in [4.69, 9.17) is 5.11 Å². The average molecular weight is 274 g/mol. The molecule has 1 atom stereocenters.